The molecule has 3 heterocycles. The highest BCUT2D eigenvalue weighted by Gasteiger charge is 2.76. The molecule has 3 aliphatic heterocycles. The Balaban J connectivity index is 1.62. The first-order chi connectivity index (χ1) is 16.4. The number of likely N-dealkylation sites (tertiary alicyclic amines) is 1. The number of aliphatic hydroxyl groups is 1. The third kappa shape index (κ3) is 4.20. The number of methoxy groups -OCH3 is 1. The molecule has 1 spiro atoms. The van der Waals surface area contributed by atoms with Crippen molar-refractivity contribution < 1.29 is 29.0 Å². The Morgan fingerprint density at radius 1 is 1.21 bits per heavy atom. The van der Waals surface area contributed by atoms with Crippen molar-refractivity contribution in [2.45, 2.75) is 54.7 Å². The maximum atomic E-state index is 13.7. The lowest BCUT2D eigenvalue weighted by molar-refractivity contribution is -0.140. The van der Waals surface area contributed by atoms with Gasteiger partial charge in [-0.1, -0.05) is 28.8 Å². The van der Waals surface area contributed by atoms with Crippen molar-refractivity contribution in [3.05, 3.63) is 24.3 Å². The smallest absolute Gasteiger partial charge is 0.250 e. The molecule has 0 aliphatic carbocycles. The van der Waals surface area contributed by atoms with Gasteiger partial charge in [-0.3, -0.25) is 14.4 Å². The maximum Gasteiger partial charge on any atom is 0.250 e. The molecule has 3 saturated heterocycles. The van der Waals surface area contributed by atoms with Crippen molar-refractivity contribution in [1.29, 1.82) is 0 Å². The molecule has 6 atom stereocenters. The minimum atomic E-state index is -1.06. The molecule has 2 bridgehead atoms. The number of anilines is 1. The summed E-state index contributed by atoms with van der Waals surface area (Å²) in [7, 11) is 3.12. The van der Waals surface area contributed by atoms with Crippen LogP contribution in [0.3, 0.4) is 0 Å². The van der Waals surface area contributed by atoms with Gasteiger partial charge >= 0.3 is 0 Å². The van der Waals surface area contributed by atoms with Crippen LogP contribution in [-0.2, 0) is 19.1 Å². The molecule has 186 valence electrons. The van der Waals surface area contributed by atoms with Gasteiger partial charge in [0.05, 0.1) is 25.0 Å². The number of ether oxygens (including phenoxy) is 2. The lowest BCUT2D eigenvalue weighted by Crippen LogP contribution is -2.54. The van der Waals surface area contributed by atoms with Crippen molar-refractivity contribution in [2.75, 3.05) is 32.6 Å². The molecule has 3 unspecified atom stereocenters. The number of rotatable bonds is 10. The van der Waals surface area contributed by atoms with E-state index < -0.39 is 29.6 Å². The molecule has 34 heavy (non-hydrogen) atoms. The van der Waals surface area contributed by atoms with Crippen LogP contribution in [0.15, 0.2) is 24.3 Å². The largest absolute Gasteiger partial charge is 0.497 e. The van der Waals surface area contributed by atoms with Crippen LogP contribution in [0.1, 0.15) is 32.1 Å². The van der Waals surface area contributed by atoms with E-state index >= 15 is 0 Å². The Hall–Kier alpha value is -2.17. The van der Waals surface area contributed by atoms with E-state index in [4.69, 9.17) is 14.6 Å². The van der Waals surface area contributed by atoms with Gasteiger partial charge in [0.1, 0.15) is 17.4 Å². The third-order valence-corrected chi connectivity index (χ3v) is 8.10. The van der Waals surface area contributed by atoms with Gasteiger partial charge in [-0.15, -0.1) is 0 Å². The van der Waals surface area contributed by atoms with E-state index in [-0.39, 0.29) is 29.2 Å². The summed E-state index contributed by atoms with van der Waals surface area (Å²) in [6.07, 6.45) is 3.10. The number of carbonyl (C=O) groups excluding carboxylic acids is 3. The number of benzene rings is 1. The van der Waals surface area contributed by atoms with Crippen molar-refractivity contribution in [3.63, 3.8) is 0 Å². The number of aliphatic hydroxyl groups excluding tert-OH is 1. The van der Waals surface area contributed by atoms with E-state index in [1.165, 1.54) is 0 Å². The zero-order chi connectivity index (χ0) is 24.5. The fraction of sp³-hybridized carbons (Fsp3) is 0.625. The van der Waals surface area contributed by atoms with Gasteiger partial charge in [0.15, 0.2) is 0 Å². The highest BCUT2D eigenvalue weighted by molar-refractivity contribution is 9.09. The van der Waals surface area contributed by atoms with Gasteiger partial charge < -0.3 is 30.1 Å². The number of hydrogen-bond donors (Lipinski definition) is 3. The summed E-state index contributed by atoms with van der Waals surface area (Å²) in [5, 5.41) is 14.6. The van der Waals surface area contributed by atoms with Crippen molar-refractivity contribution >= 4 is 39.3 Å². The van der Waals surface area contributed by atoms with Gasteiger partial charge in [0.2, 0.25) is 17.7 Å². The summed E-state index contributed by atoms with van der Waals surface area (Å²) in [5.41, 5.74) is -0.471. The summed E-state index contributed by atoms with van der Waals surface area (Å²) in [6.45, 7) is 0.529. The molecule has 0 radical (unpaired) electrons. The second-order valence-electron chi connectivity index (χ2n) is 9.16. The summed E-state index contributed by atoms with van der Waals surface area (Å²) >= 11 is 3.64. The molecular formula is C24H32BrN3O6. The number of fused-ring (bicyclic) bond motifs is 1. The Labute approximate surface area is 207 Å². The van der Waals surface area contributed by atoms with Crippen LogP contribution < -0.4 is 15.4 Å². The maximum absolute atomic E-state index is 13.7. The molecule has 3 aliphatic rings. The first kappa shape index (κ1) is 24.9. The van der Waals surface area contributed by atoms with Crippen LogP contribution in [0, 0.1) is 11.8 Å². The number of alkyl halides is 1. The van der Waals surface area contributed by atoms with Crippen LogP contribution in [0.4, 0.5) is 5.69 Å². The number of halogens is 1. The number of carbonyl (C=O) groups is 3. The number of nitrogens with one attached hydrogen (secondary N) is 2. The first-order valence-electron chi connectivity index (χ1n) is 11.8. The van der Waals surface area contributed by atoms with E-state index in [0.29, 0.717) is 37.2 Å². The van der Waals surface area contributed by atoms with E-state index in [9.17, 15) is 14.4 Å². The normalized spacial score (nSPS) is 31.5. The Morgan fingerprint density at radius 2 is 1.91 bits per heavy atom. The quantitative estimate of drug-likeness (QED) is 0.308. The molecule has 3 fully saturated rings. The second kappa shape index (κ2) is 10.2. The van der Waals surface area contributed by atoms with Gasteiger partial charge in [0.25, 0.3) is 0 Å². The van der Waals surface area contributed by atoms with Crippen molar-refractivity contribution in [2.24, 2.45) is 11.8 Å². The molecule has 1 aromatic rings. The number of hydrogen-bond acceptors (Lipinski definition) is 6. The minimum absolute atomic E-state index is 0.125. The summed E-state index contributed by atoms with van der Waals surface area (Å²) in [6, 6.07) is 6.15. The standard InChI is InChI=1S/C24H32BrN3O6/c1-26-21(30)17-18-23(32)28(11-5-3-4-6-12-29)20(24(18)13-16(25)19(17)34-24)22(31)27-14-7-9-15(33-2)10-8-14/h7-10,16-20,29H,3-6,11-13H2,1-2H3,(H,26,30)(H,27,31)/t16?,17-,18+,19-,20?,24?/m1/s1. The number of amides is 3. The monoisotopic (exact) mass is 537 g/mol. The second-order valence-corrected chi connectivity index (χ2v) is 10.3. The lowest BCUT2D eigenvalue weighted by atomic mass is 9.70. The predicted molar refractivity (Wildman–Crippen MR) is 129 cm³/mol. The van der Waals surface area contributed by atoms with Gasteiger partial charge in [-0.25, -0.2) is 0 Å². The highest BCUT2D eigenvalue weighted by atomic mass is 79.9. The SMILES string of the molecule is CNC(=O)[C@H]1[C@@H]2OC3(CC2Br)C(C(=O)Nc2ccc(OC)cc2)N(CCCCCCO)C(=O)[C@H]13. The molecule has 9 nitrogen and oxygen atoms in total. The zero-order valence-corrected chi connectivity index (χ0v) is 21.0. The van der Waals surface area contributed by atoms with Crippen LogP contribution in [0.25, 0.3) is 0 Å². The van der Waals surface area contributed by atoms with Crippen molar-refractivity contribution in [3.8, 4) is 5.75 Å². The molecular weight excluding hydrogens is 506 g/mol. The number of nitrogens with zero attached hydrogens (tertiary/aromatic N) is 1. The van der Waals surface area contributed by atoms with Crippen LogP contribution in [0.5, 0.6) is 5.75 Å². The Morgan fingerprint density at radius 3 is 2.56 bits per heavy atom. The highest BCUT2D eigenvalue weighted by Crippen LogP contribution is 2.60. The topological polar surface area (TPSA) is 117 Å². The lowest BCUT2D eigenvalue weighted by Gasteiger charge is -2.34. The first-order valence-corrected chi connectivity index (χ1v) is 12.7. The predicted octanol–water partition coefficient (Wildman–Crippen LogP) is 1.68. The minimum Gasteiger partial charge on any atom is -0.497 e. The van der Waals surface area contributed by atoms with Crippen molar-refractivity contribution in [1.82, 2.24) is 10.2 Å². The Bertz CT molecular complexity index is 928. The third-order valence-electron chi connectivity index (χ3n) is 7.25. The Kier molecular flexibility index (Phi) is 7.49. The molecule has 10 heteroatoms. The fourth-order valence-electron chi connectivity index (χ4n) is 5.77. The molecule has 0 saturated carbocycles. The molecule has 0 aromatic heterocycles. The molecule has 3 N–H and O–H groups in total. The van der Waals surface area contributed by atoms with E-state index in [0.717, 1.165) is 12.8 Å². The van der Waals surface area contributed by atoms with Crippen LogP contribution in [-0.4, -0.2) is 77.6 Å². The summed E-state index contributed by atoms with van der Waals surface area (Å²) in [5.74, 6) is -1.44. The summed E-state index contributed by atoms with van der Waals surface area (Å²) < 4.78 is 11.6. The van der Waals surface area contributed by atoms with E-state index in [1.54, 1.807) is 43.3 Å². The van der Waals surface area contributed by atoms with Gasteiger partial charge in [0, 0.05) is 30.7 Å². The fourth-order valence-corrected chi connectivity index (χ4v) is 6.71. The van der Waals surface area contributed by atoms with Crippen LogP contribution >= 0.6 is 15.9 Å². The van der Waals surface area contributed by atoms with Gasteiger partial charge in [-0.2, -0.15) is 0 Å². The average molecular weight is 538 g/mol. The van der Waals surface area contributed by atoms with Gasteiger partial charge in [-0.05, 0) is 43.5 Å². The van der Waals surface area contributed by atoms with E-state index in [1.807, 2.05) is 0 Å². The molecule has 1 aromatic carbocycles. The van der Waals surface area contributed by atoms with E-state index in [2.05, 4.69) is 26.6 Å². The zero-order valence-electron chi connectivity index (χ0n) is 19.5. The van der Waals surface area contributed by atoms with Crippen LogP contribution in [0.2, 0.25) is 0 Å². The molecule has 3 amide bonds. The molecule has 4 rings (SSSR count). The average Bonchev–Trinajstić information content (AvgIpc) is 3.42. The summed E-state index contributed by atoms with van der Waals surface area (Å²) in [4.78, 5) is 41.6. The number of unbranched alkanes of at least 4 members (excludes halogenated alkanes) is 3.